The Hall–Kier alpha value is -2.64. The number of ether oxygens (including phenoxy) is 3. The molecule has 148 valence electrons. The van der Waals surface area contributed by atoms with Gasteiger partial charge in [-0.05, 0) is 31.4 Å². The number of rotatable bonds is 8. The topological polar surface area (TPSA) is 65.1 Å². The number of hydrogen-bond acceptors (Lipinski definition) is 5. The highest BCUT2D eigenvalue weighted by Crippen LogP contribution is 2.32. The molecular weight excluding hydrogens is 360 g/mol. The molecule has 0 aliphatic carbocycles. The number of methoxy groups -OCH3 is 1. The summed E-state index contributed by atoms with van der Waals surface area (Å²) in [6.45, 7) is 5.59. The van der Waals surface area contributed by atoms with E-state index in [0.717, 1.165) is 18.2 Å². The van der Waals surface area contributed by atoms with Crippen molar-refractivity contribution in [2.24, 2.45) is 5.92 Å². The van der Waals surface area contributed by atoms with Gasteiger partial charge in [0.1, 0.15) is 11.8 Å². The van der Waals surface area contributed by atoms with Crippen LogP contribution in [0.25, 0.3) is 0 Å². The zero-order chi connectivity index (χ0) is 20.1. The third kappa shape index (κ3) is 4.75. The summed E-state index contributed by atoms with van der Waals surface area (Å²) in [7, 11) is 1.24. The van der Waals surface area contributed by atoms with E-state index in [1.165, 1.54) is 12.0 Å². The standard InChI is InChI=1S/C19H23F2NO5/c1-5-26-15-7-6-13(20)18(17(15)21)27-12-9-16(23)22(10-12)14(8-11(2)3)19(24)25-4/h6-7,9,11,14H,5,8,10H2,1-4H3. The molecule has 0 saturated carbocycles. The van der Waals surface area contributed by atoms with Crippen molar-refractivity contribution in [2.45, 2.75) is 33.2 Å². The second-order valence-corrected chi connectivity index (χ2v) is 6.47. The van der Waals surface area contributed by atoms with Crippen LogP contribution in [0.15, 0.2) is 24.0 Å². The summed E-state index contributed by atoms with van der Waals surface area (Å²) in [5.41, 5.74) is 0. The van der Waals surface area contributed by atoms with Crippen molar-refractivity contribution in [3.63, 3.8) is 0 Å². The lowest BCUT2D eigenvalue weighted by Gasteiger charge is -2.27. The molecule has 0 N–H and O–H groups in total. The maximum Gasteiger partial charge on any atom is 0.328 e. The van der Waals surface area contributed by atoms with E-state index in [1.807, 2.05) is 13.8 Å². The van der Waals surface area contributed by atoms with Crippen LogP contribution in [0, 0.1) is 17.6 Å². The second-order valence-electron chi connectivity index (χ2n) is 6.47. The van der Waals surface area contributed by atoms with Crippen molar-refractivity contribution < 1.29 is 32.6 Å². The molecule has 1 aromatic carbocycles. The Morgan fingerprint density at radius 1 is 1.30 bits per heavy atom. The first kappa shape index (κ1) is 20.7. The molecule has 0 aromatic heterocycles. The highest BCUT2D eigenvalue weighted by Gasteiger charge is 2.35. The minimum Gasteiger partial charge on any atom is -0.491 e. The molecule has 6 nitrogen and oxygen atoms in total. The SMILES string of the molecule is CCOc1ccc(F)c(OC2=CC(=O)N(C(CC(C)C)C(=O)OC)C2)c1F. The van der Waals surface area contributed by atoms with E-state index in [0.29, 0.717) is 6.42 Å². The van der Waals surface area contributed by atoms with Gasteiger partial charge in [0, 0.05) is 6.08 Å². The van der Waals surface area contributed by atoms with Gasteiger partial charge in [0.25, 0.3) is 5.91 Å². The van der Waals surface area contributed by atoms with Crippen molar-refractivity contribution in [3.8, 4) is 11.5 Å². The fourth-order valence-electron chi connectivity index (χ4n) is 2.78. The van der Waals surface area contributed by atoms with Crippen molar-refractivity contribution in [1.82, 2.24) is 4.90 Å². The Labute approximate surface area is 156 Å². The lowest BCUT2D eigenvalue weighted by Crippen LogP contribution is -2.44. The molecule has 8 heteroatoms. The van der Waals surface area contributed by atoms with Gasteiger partial charge in [0.05, 0.1) is 20.3 Å². The molecule has 1 heterocycles. The van der Waals surface area contributed by atoms with Gasteiger partial charge in [0.2, 0.25) is 11.6 Å². The summed E-state index contributed by atoms with van der Waals surface area (Å²) in [6.07, 6.45) is 1.50. The number of carbonyl (C=O) groups is 2. The van der Waals surface area contributed by atoms with Gasteiger partial charge in [-0.25, -0.2) is 9.18 Å². The summed E-state index contributed by atoms with van der Waals surface area (Å²) in [4.78, 5) is 25.6. The van der Waals surface area contributed by atoms with Crippen LogP contribution >= 0.6 is 0 Å². The highest BCUT2D eigenvalue weighted by molar-refractivity contribution is 5.94. The fraction of sp³-hybridized carbons (Fsp3) is 0.474. The molecule has 0 spiro atoms. The van der Waals surface area contributed by atoms with Crippen molar-refractivity contribution in [1.29, 1.82) is 0 Å². The predicted molar refractivity (Wildman–Crippen MR) is 93.2 cm³/mol. The van der Waals surface area contributed by atoms with E-state index in [1.54, 1.807) is 6.92 Å². The Morgan fingerprint density at radius 3 is 2.59 bits per heavy atom. The summed E-state index contributed by atoms with van der Waals surface area (Å²) in [6, 6.07) is 1.38. The van der Waals surface area contributed by atoms with Crippen LogP contribution < -0.4 is 9.47 Å². The third-order valence-electron chi connectivity index (χ3n) is 3.98. The Morgan fingerprint density at radius 2 is 2.00 bits per heavy atom. The van der Waals surface area contributed by atoms with Gasteiger partial charge in [0.15, 0.2) is 11.6 Å². The molecule has 0 fully saturated rings. The number of amides is 1. The number of halogens is 2. The molecule has 2 rings (SSSR count). The Balaban J connectivity index is 2.21. The molecule has 0 saturated heterocycles. The van der Waals surface area contributed by atoms with E-state index in [2.05, 4.69) is 0 Å². The average molecular weight is 383 g/mol. The largest absolute Gasteiger partial charge is 0.491 e. The maximum atomic E-state index is 14.4. The second kappa shape index (κ2) is 8.83. The van der Waals surface area contributed by atoms with Gasteiger partial charge >= 0.3 is 5.97 Å². The minimum atomic E-state index is -0.990. The molecular formula is C19H23F2NO5. The van der Waals surface area contributed by atoms with E-state index in [9.17, 15) is 18.4 Å². The molecule has 1 amide bonds. The van der Waals surface area contributed by atoms with Gasteiger partial charge in [-0.2, -0.15) is 4.39 Å². The first-order valence-electron chi connectivity index (χ1n) is 8.66. The number of hydrogen-bond donors (Lipinski definition) is 0. The van der Waals surface area contributed by atoms with Crippen LogP contribution in [0.5, 0.6) is 11.5 Å². The normalized spacial score (nSPS) is 15.0. The molecule has 1 aromatic rings. The van der Waals surface area contributed by atoms with Gasteiger partial charge in [-0.3, -0.25) is 4.79 Å². The number of carbonyl (C=O) groups excluding carboxylic acids is 2. The van der Waals surface area contributed by atoms with Gasteiger partial charge in [-0.1, -0.05) is 13.8 Å². The van der Waals surface area contributed by atoms with Crippen LogP contribution in [0.2, 0.25) is 0 Å². The average Bonchev–Trinajstić information content (AvgIpc) is 2.98. The lowest BCUT2D eigenvalue weighted by atomic mass is 10.0. The third-order valence-corrected chi connectivity index (χ3v) is 3.98. The van der Waals surface area contributed by atoms with E-state index in [-0.39, 0.29) is 30.6 Å². The number of esters is 1. The molecule has 1 aliphatic rings. The van der Waals surface area contributed by atoms with E-state index < -0.39 is 35.3 Å². The molecule has 1 atom stereocenters. The highest BCUT2D eigenvalue weighted by atomic mass is 19.1. The summed E-state index contributed by atoms with van der Waals surface area (Å²) < 4.78 is 43.6. The Kier molecular flexibility index (Phi) is 6.76. The Bertz CT molecular complexity index is 748. The van der Waals surface area contributed by atoms with Gasteiger partial charge in [-0.15, -0.1) is 0 Å². The molecule has 1 aliphatic heterocycles. The van der Waals surface area contributed by atoms with Crippen LogP contribution in [0.1, 0.15) is 27.2 Å². The summed E-state index contributed by atoms with van der Waals surface area (Å²) in [5.74, 6) is -3.59. The monoisotopic (exact) mass is 383 g/mol. The predicted octanol–water partition coefficient (Wildman–Crippen LogP) is 3.06. The smallest absolute Gasteiger partial charge is 0.328 e. The van der Waals surface area contributed by atoms with Crippen LogP contribution in [0.4, 0.5) is 8.78 Å². The molecule has 27 heavy (non-hydrogen) atoms. The van der Waals surface area contributed by atoms with Crippen LogP contribution in [0.3, 0.4) is 0 Å². The van der Waals surface area contributed by atoms with Crippen molar-refractivity contribution >= 4 is 11.9 Å². The molecule has 0 bridgehead atoms. The first-order valence-corrected chi connectivity index (χ1v) is 8.66. The van der Waals surface area contributed by atoms with Crippen LogP contribution in [-0.4, -0.2) is 43.1 Å². The van der Waals surface area contributed by atoms with Crippen molar-refractivity contribution in [2.75, 3.05) is 20.3 Å². The summed E-state index contributed by atoms with van der Waals surface area (Å²) >= 11 is 0. The zero-order valence-corrected chi connectivity index (χ0v) is 15.8. The quantitative estimate of drug-likeness (QED) is 0.646. The van der Waals surface area contributed by atoms with Crippen molar-refractivity contribution in [3.05, 3.63) is 35.6 Å². The molecule has 0 radical (unpaired) electrons. The number of nitrogens with zero attached hydrogens (tertiary/aromatic N) is 1. The maximum absolute atomic E-state index is 14.4. The number of benzene rings is 1. The minimum absolute atomic E-state index is 0.0316. The van der Waals surface area contributed by atoms with E-state index >= 15 is 0 Å². The van der Waals surface area contributed by atoms with Crippen LogP contribution in [-0.2, 0) is 14.3 Å². The lowest BCUT2D eigenvalue weighted by molar-refractivity contribution is -0.151. The zero-order valence-electron chi connectivity index (χ0n) is 15.8. The fourth-order valence-corrected chi connectivity index (χ4v) is 2.78. The van der Waals surface area contributed by atoms with Gasteiger partial charge < -0.3 is 19.1 Å². The molecule has 1 unspecified atom stereocenters. The van der Waals surface area contributed by atoms with E-state index in [4.69, 9.17) is 14.2 Å². The summed E-state index contributed by atoms with van der Waals surface area (Å²) in [5, 5.41) is 0. The first-order chi connectivity index (χ1) is 12.8.